The van der Waals surface area contributed by atoms with Crippen molar-refractivity contribution in [2.75, 3.05) is 24.9 Å². The van der Waals surface area contributed by atoms with Crippen molar-refractivity contribution in [3.05, 3.63) is 47.0 Å². The third-order valence-electron chi connectivity index (χ3n) is 3.19. The van der Waals surface area contributed by atoms with Crippen LogP contribution in [0.3, 0.4) is 0 Å². The van der Waals surface area contributed by atoms with E-state index in [1.807, 2.05) is 0 Å². The molecule has 2 rings (SSSR count). The number of hydrogen-bond donors (Lipinski definition) is 2. The van der Waals surface area contributed by atoms with Crippen molar-refractivity contribution >= 4 is 40.3 Å². The molecule has 9 heteroatoms. The lowest BCUT2D eigenvalue weighted by Gasteiger charge is -2.15. The second-order valence-corrected chi connectivity index (χ2v) is 5.65. The van der Waals surface area contributed by atoms with Crippen molar-refractivity contribution in [2.45, 2.75) is 6.18 Å². The van der Waals surface area contributed by atoms with Crippen LogP contribution in [0.1, 0.15) is 5.56 Å². The van der Waals surface area contributed by atoms with Crippen LogP contribution in [-0.2, 0) is 6.18 Å². The van der Waals surface area contributed by atoms with E-state index in [-0.39, 0.29) is 15.8 Å². The van der Waals surface area contributed by atoms with Crippen molar-refractivity contribution < 1.29 is 22.6 Å². The van der Waals surface area contributed by atoms with E-state index in [1.165, 1.54) is 20.3 Å². The molecule has 4 nitrogen and oxygen atoms in total. The second kappa shape index (κ2) is 7.79. The molecule has 0 saturated heterocycles. The van der Waals surface area contributed by atoms with Gasteiger partial charge in [0.1, 0.15) is 11.5 Å². The molecule has 2 N–H and O–H groups in total. The van der Waals surface area contributed by atoms with Gasteiger partial charge in [-0.15, -0.1) is 0 Å². The number of alkyl halides is 3. The van der Waals surface area contributed by atoms with Crippen LogP contribution in [0.2, 0.25) is 5.02 Å². The average Bonchev–Trinajstić information content (AvgIpc) is 2.56. The molecule has 0 radical (unpaired) electrons. The quantitative estimate of drug-likeness (QED) is 0.704. The van der Waals surface area contributed by atoms with Crippen LogP contribution in [0.15, 0.2) is 36.4 Å². The third kappa shape index (κ3) is 4.90. The molecule has 0 aliphatic heterocycles. The molecule has 0 atom stereocenters. The Bertz CT molecular complexity index is 784. The molecule has 0 saturated carbocycles. The molecular weight excluding hydrogens is 377 g/mol. The molecule has 0 unspecified atom stereocenters. The monoisotopic (exact) mass is 390 g/mol. The van der Waals surface area contributed by atoms with Gasteiger partial charge < -0.3 is 20.1 Å². The summed E-state index contributed by atoms with van der Waals surface area (Å²) < 4.78 is 49.0. The van der Waals surface area contributed by atoms with E-state index >= 15 is 0 Å². The average molecular weight is 391 g/mol. The van der Waals surface area contributed by atoms with E-state index in [1.54, 1.807) is 18.2 Å². The molecule has 0 heterocycles. The number of rotatable bonds is 4. The lowest BCUT2D eigenvalue weighted by Crippen LogP contribution is -2.20. The normalized spacial score (nSPS) is 11.0. The number of ether oxygens (including phenoxy) is 2. The van der Waals surface area contributed by atoms with Crippen LogP contribution in [0.5, 0.6) is 11.5 Å². The van der Waals surface area contributed by atoms with Crippen LogP contribution < -0.4 is 20.1 Å². The summed E-state index contributed by atoms with van der Waals surface area (Å²) in [5.41, 5.74) is -0.253. The number of methoxy groups -OCH3 is 2. The fourth-order valence-electron chi connectivity index (χ4n) is 2.01. The Kier molecular flexibility index (Phi) is 5.97. The highest BCUT2D eigenvalue weighted by Crippen LogP contribution is 2.36. The van der Waals surface area contributed by atoms with Crippen molar-refractivity contribution in [3.63, 3.8) is 0 Å². The topological polar surface area (TPSA) is 42.5 Å². The van der Waals surface area contributed by atoms with Gasteiger partial charge in [-0.1, -0.05) is 11.6 Å². The maximum atomic E-state index is 12.9. The Morgan fingerprint density at radius 3 is 2.36 bits per heavy atom. The van der Waals surface area contributed by atoms with Gasteiger partial charge in [-0.25, -0.2) is 0 Å². The van der Waals surface area contributed by atoms with Crippen LogP contribution in [0.4, 0.5) is 24.5 Å². The molecule has 0 bridgehead atoms. The SMILES string of the molecule is COc1ccc(NC(=S)Nc2ccc(Cl)c(C(F)(F)F)c2)c(OC)c1. The smallest absolute Gasteiger partial charge is 0.417 e. The maximum Gasteiger partial charge on any atom is 0.417 e. The number of thiocarbonyl (C=S) groups is 1. The van der Waals surface area contributed by atoms with Crippen molar-refractivity contribution in [2.24, 2.45) is 0 Å². The van der Waals surface area contributed by atoms with Gasteiger partial charge in [-0.3, -0.25) is 0 Å². The lowest BCUT2D eigenvalue weighted by atomic mass is 10.2. The first kappa shape index (κ1) is 19.1. The minimum atomic E-state index is -4.55. The highest BCUT2D eigenvalue weighted by atomic mass is 35.5. The summed E-state index contributed by atoms with van der Waals surface area (Å²) in [6.07, 6.45) is -4.55. The fraction of sp³-hybridized carbons (Fsp3) is 0.188. The Labute approximate surface area is 152 Å². The van der Waals surface area contributed by atoms with Gasteiger partial charge in [0.05, 0.1) is 30.5 Å². The molecule has 0 aromatic heterocycles. The van der Waals surface area contributed by atoms with E-state index in [0.29, 0.717) is 17.2 Å². The van der Waals surface area contributed by atoms with Gasteiger partial charge in [-0.2, -0.15) is 13.2 Å². The van der Waals surface area contributed by atoms with Gasteiger partial charge in [0.2, 0.25) is 0 Å². The summed E-state index contributed by atoms with van der Waals surface area (Å²) >= 11 is 10.7. The van der Waals surface area contributed by atoms with Gasteiger partial charge in [0.15, 0.2) is 5.11 Å². The number of halogens is 4. The molecular formula is C16H14ClF3N2O2S. The molecule has 134 valence electrons. The van der Waals surface area contributed by atoms with E-state index < -0.39 is 11.7 Å². The first-order valence-electron chi connectivity index (χ1n) is 6.91. The Morgan fingerprint density at radius 2 is 1.76 bits per heavy atom. The van der Waals surface area contributed by atoms with Crippen LogP contribution in [0, 0.1) is 0 Å². The highest BCUT2D eigenvalue weighted by molar-refractivity contribution is 7.80. The largest absolute Gasteiger partial charge is 0.497 e. The predicted molar refractivity (Wildman–Crippen MR) is 95.8 cm³/mol. The van der Waals surface area contributed by atoms with Gasteiger partial charge in [0.25, 0.3) is 0 Å². The molecule has 2 aromatic carbocycles. The first-order chi connectivity index (χ1) is 11.7. The van der Waals surface area contributed by atoms with Gasteiger partial charge in [0, 0.05) is 11.8 Å². The van der Waals surface area contributed by atoms with Crippen molar-refractivity contribution in [1.29, 1.82) is 0 Å². The molecule has 0 fully saturated rings. The third-order valence-corrected chi connectivity index (χ3v) is 3.72. The Hall–Kier alpha value is -2.19. The minimum Gasteiger partial charge on any atom is -0.497 e. The van der Waals surface area contributed by atoms with E-state index in [2.05, 4.69) is 10.6 Å². The molecule has 0 spiro atoms. The Balaban J connectivity index is 2.16. The van der Waals surface area contributed by atoms with Crippen LogP contribution >= 0.6 is 23.8 Å². The van der Waals surface area contributed by atoms with Gasteiger partial charge >= 0.3 is 6.18 Å². The zero-order chi connectivity index (χ0) is 18.6. The van der Waals surface area contributed by atoms with E-state index in [4.69, 9.17) is 33.3 Å². The zero-order valence-corrected chi connectivity index (χ0v) is 14.8. The summed E-state index contributed by atoms with van der Waals surface area (Å²) in [5.74, 6) is 1.06. The standard InChI is InChI=1S/C16H14ClF3N2O2S/c1-23-10-4-6-13(14(8-10)24-2)22-15(25)21-9-3-5-12(17)11(7-9)16(18,19)20/h3-8H,1-2H3,(H2,21,22,25). The molecule has 2 aromatic rings. The summed E-state index contributed by atoms with van der Waals surface area (Å²) in [6, 6.07) is 8.46. The predicted octanol–water partition coefficient (Wildman–Crippen LogP) is 5.18. The fourth-order valence-corrected chi connectivity index (χ4v) is 2.46. The molecule has 25 heavy (non-hydrogen) atoms. The maximum absolute atomic E-state index is 12.9. The van der Waals surface area contributed by atoms with Crippen molar-refractivity contribution in [1.82, 2.24) is 0 Å². The number of benzene rings is 2. The molecule has 0 aliphatic rings. The first-order valence-corrected chi connectivity index (χ1v) is 7.70. The van der Waals surface area contributed by atoms with E-state index in [0.717, 1.165) is 12.1 Å². The van der Waals surface area contributed by atoms with Crippen LogP contribution in [0.25, 0.3) is 0 Å². The second-order valence-electron chi connectivity index (χ2n) is 4.84. The molecule has 0 aliphatic carbocycles. The van der Waals surface area contributed by atoms with Crippen molar-refractivity contribution in [3.8, 4) is 11.5 Å². The van der Waals surface area contributed by atoms with Crippen LogP contribution in [-0.4, -0.2) is 19.3 Å². The van der Waals surface area contributed by atoms with E-state index in [9.17, 15) is 13.2 Å². The summed E-state index contributed by atoms with van der Waals surface area (Å²) in [5, 5.41) is 5.26. The molecule has 0 amide bonds. The van der Waals surface area contributed by atoms with Gasteiger partial charge in [-0.05, 0) is 42.5 Å². The summed E-state index contributed by atoms with van der Waals surface area (Å²) in [7, 11) is 3.00. The highest BCUT2D eigenvalue weighted by Gasteiger charge is 2.33. The Morgan fingerprint density at radius 1 is 1.04 bits per heavy atom. The summed E-state index contributed by atoms with van der Waals surface area (Å²) in [4.78, 5) is 0. The lowest BCUT2D eigenvalue weighted by molar-refractivity contribution is -0.137. The number of hydrogen-bond acceptors (Lipinski definition) is 3. The zero-order valence-electron chi connectivity index (χ0n) is 13.2. The number of anilines is 2. The minimum absolute atomic E-state index is 0.0962. The summed E-state index contributed by atoms with van der Waals surface area (Å²) in [6.45, 7) is 0. The number of nitrogens with one attached hydrogen (secondary N) is 2.